The summed E-state index contributed by atoms with van der Waals surface area (Å²) in [6.45, 7) is 11.8. The van der Waals surface area contributed by atoms with Crippen molar-refractivity contribution < 1.29 is 18.7 Å². The van der Waals surface area contributed by atoms with Crippen LogP contribution in [-0.4, -0.2) is 47.8 Å². The fourth-order valence-corrected chi connectivity index (χ4v) is 5.05. The molecule has 0 amide bonds. The summed E-state index contributed by atoms with van der Waals surface area (Å²) in [5, 5.41) is 6.12. The summed E-state index contributed by atoms with van der Waals surface area (Å²) >= 11 is 6.32. The second-order valence-electron chi connectivity index (χ2n) is 10.4. The Labute approximate surface area is 212 Å². The van der Waals surface area contributed by atoms with Crippen LogP contribution in [0.3, 0.4) is 0 Å². The van der Waals surface area contributed by atoms with E-state index in [9.17, 15) is 4.79 Å². The highest BCUT2D eigenvalue weighted by molar-refractivity contribution is 6.74. The van der Waals surface area contributed by atoms with E-state index in [-0.39, 0.29) is 28.7 Å². The molecule has 3 heterocycles. The molecule has 0 spiro atoms. The first-order valence-electron chi connectivity index (χ1n) is 11.9. The lowest BCUT2D eigenvalue weighted by Crippen LogP contribution is -2.43. The highest BCUT2D eigenvalue weighted by Gasteiger charge is 2.39. The van der Waals surface area contributed by atoms with Gasteiger partial charge in [0.15, 0.2) is 6.23 Å². The molecular weight excluding hydrogens is 484 g/mol. The molecule has 1 atom stereocenters. The lowest BCUT2D eigenvalue weighted by molar-refractivity contribution is -0.139. The van der Waals surface area contributed by atoms with E-state index in [1.807, 2.05) is 22.9 Å². The zero-order valence-electron chi connectivity index (χ0n) is 21.2. The van der Waals surface area contributed by atoms with Crippen LogP contribution in [0.4, 0.5) is 0 Å². The van der Waals surface area contributed by atoms with Crippen molar-refractivity contribution in [2.75, 3.05) is 13.7 Å². The minimum Gasteiger partial charge on any atom is -0.543 e. The summed E-state index contributed by atoms with van der Waals surface area (Å²) in [7, 11) is -0.715. The van der Waals surface area contributed by atoms with Gasteiger partial charge in [0.1, 0.15) is 28.8 Å². The monoisotopic (exact) mass is 516 g/mol. The number of hydrogen-bond donors (Lipinski definition) is 0. The Morgan fingerprint density at radius 3 is 2.66 bits per heavy atom. The third-order valence-electron chi connectivity index (χ3n) is 6.80. The van der Waals surface area contributed by atoms with Crippen molar-refractivity contribution in [2.24, 2.45) is 0 Å². The van der Waals surface area contributed by atoms with Gasteiger partial charge in [0.25, 0.3) is 0 Å². The van der Waals surface area contributed by atoms with E-state index < -0.39 is 14.3 Å². The number of methoxy groups -OCH3 is 1. The number of halogens is 1. The SMILES string of the molecule is COC(=O)Cc1nc(Cl)cc(-c2nn(C3CCCCO3)c3ccc(O[Si](C)(C)C(C)(C)C)cc23)n1. The summed E-state index contributed by atoms with van der Waals surface area (Å²) in [6.07, 6.45) is 2.78. The van der Waals surface area contributed by atoms with Crippen molar-refractivity contribution in [3.05, 3.63) is 35.2 Å². The number of esters is 1. The van der Waals surface area contributed by atoms with Crippen molar-refractivity contribution in [1.82, 2.24) is 19.7 Å². The Kier molecular flexibility index (Phi) is 7.22. The molecule has 1 aliphatic heterocycles. The van der Waals surface area contributed by atoms with Gasteiger partial charge in [-0.1, -0.05) is 32.4 Å². The van der Waals surface area contributed by atoms with Gasteiger partial charge in [0.2, 0.25) is 8.32 Å². The predicted molar refractivity (Wildman–Crippen MR) is 138 cm³/mol. The van der Waals surface area contributed by atoms with Crippen molar-refractivity contribution in [2.45, 2.75) is 70.8 Å². The molecule has 188 valence electrons. The summed E-state index contributed by atoms with van der Waals surface area (Å²) in [5.41, 5.74) is 2.11. The highest BCUT2D eigenvalue weighted by Crippen LogP contribution is 2.39. The molecule has 35 heavy (non-hydrogen) atoms. The van der Waals surface area contributed by atoms with Gasteiger partial charge in [0.05, 0.1) is 18.3 Å². The van der Waals surface area contributed by atoms with E-state index in [4.69, 9.17) is 30.6 Å². The van der Waals surface area contributed by atoms with E-state index in [0.29, 0.717) is 18.0 Å². The molecular formula is C25H33ClN4O4Si. The number of aromatic nitrogens is 4. The number of carbonyl (C=O) groups is 1. The Morgan fingerprint density at radius 2 is 2.00 bits per heavy atom. The molecule has 0 bridgehead atoms. The standard InChI is InChI=1S/C25H33ClN4O4Si/c1-25(2,3)35(5,6)34-16-10-11-19-17(13-16)24(29-30(19)22-9-7-8-12-33-22)18-14-20(26)28-21(27-18)15-23(31)32-4/h10-11,13-14,22H,7-9,12,15H2,1-6H3. The lowest BCUT2D eigenvalue weighted by Gasteiger charge is -2.36. The van der Waals surface area contributed by atoms with E-state index in [1.54, 1.807) is 6.07 Å². The number of benzene rings is 1. The lowest BCUT2D eigenvalue weighted by atomic mass is 10.1. The van der Waals surface area contributed by atoms with Crippen molar-refractivity contribution >= 4 is 36.8 Å². The maximum absolute atomic E-state index is 11.8. The number of fused-ring (bicyclic) bond motifs is 1. The van der Waals surface area contributed by atoms with Crippen molar-refractivity contribution in [1.29, 1.82) is 0 Å². The molecule has 3 aromatic rings. The molecule has 1 fully saturated rings. The van der Waals surface area contributed by atoms with Crippen LogP contribution in [0.25, 0.3) is 22.3 Å². The minimum absolute atomic E-state index is 0.0634. The van der Waals surface area contributed by atoms with Gasteiger partial charge in [-0.2, -0.15) is 5.10 Å². The maximum atomic E-state index is 11.8. The number of hydrogen-bond acceptors (Lipinski definition) is 7. The Hall–Kier alpha value is -2.49. The second kappa shape index (κ2) is 9.87. The van der Waals surface area contributed by atoms with Crippen LogP contribution < -0.4 is 4.43 Å². The molecule has 10 heteroatoms. The minimum atomic E-state index is -2.05. The summed E-state index contributed by atoms with van der Waals surface area (Å²) in [6, 6.07) is 7.72. The van der Waals surface area contributed by atoms with Crippen LogP contribution in [0.5, 0.6) is 5.75 Å². The van der Waals surface area contributed by atoms with Crippen LogP contribution in [-0.2, 0) is 20.7 Å². The molecule has 4 rings (SSSR count). The topological polar surface area (TPSA) is 88.4 Å². The Balaban J connectivity index is 1.84. The van der Waals surface area contributed by atoms with Crippen molar-refractivity contribution in [3.8, 4) is 17.1 Å². The van der Waals surface area contributed by atoms with Gasteiger partial charge in [0, 0.05) is 18.1 Å². The molecule has 0 saturated carbocycles. The van der Waals surface area contributed by atoms with Crippen molar-refractivity contribution in [3.63, 3.8) is 0 Å². The third-order valence-corrected chi connectivity index (χ3v) is 11.4. The second-order valence-corrected chi connectivity index (χ2v) is 15.5. The average Bonchev–Trinajstić information content (AvgIpc) is 3.17. The fourth-order valence-electron chi connectivity index (χ4n) is 3.82. The Morgan fingerprint density at radius 1 is 1.23 bits per heavy atom. The Bertz CT molecular complexity index is 1230. The summed E-state index contributed by atoms with van der Waals surface area (Å²) < 4.78 is 19.3. The molecule has 0 aliphatic carbocycles. The molecule has 1 aromatic carbocycles. The van der Waals surface area contributed by atoms with Crippen LogP contribution >= 0.6 is 11.6 Å². The van der Waals surface area contributed by atoms with Gasteiger partial charge in [-0.05, 0) is 55.6 Å². The zero-order valence-corrected chi connectivity index (χ0v) is 23.0. The van der Waals surface area contributed by atoms with Gasteiger partial charge in [-0.3, -0.25) is 4.79 Å². The number of nitrogens with zero attached hydrogens (tertiary/aromatic N) is 4. The summed E-state index contributed by atoms with van der Waals surface area (Å²) in [5.74, 6) is 0.642. The molecule has 1 unspecified atom stereocenters. The quantitative estimate of drug-likeness (QED) is 0.227. The molecule has 1 aliphatic rings. The third kappa shape index (κ3) is 5.52. The molecule has 0 N–H and O–H groups in total. The van der Waals surface area contributed by atoms with E-state index in [0.717, 1.165) is 35.9 Å². The number of rotatable bonds is 6. The molecule has 0 radical (unpaired) electrons. The largest absolute Gasteiger partial charge is 0.543 e. The van der Waals surface area contributed by atoms with Crippen LogP contribution in [0, 0.1) is 0 Å². The summed E-state index contributed by atoms with van der Waals surface area (Å²) in [4.78, 5) is 20.6. The first-order chi connectivity index (χ1) is 16.5. The van der Waals surface area contributed by atoms with E-state index >= 15 is 0 Å². The zero-order chi connectivity index (χ0) is 25.4. The van der Waals surface area contributed by atoms with E-state index in [2.05, 4.69) is 43.8 Å². The van der Waals surface area contributed by atoms with Crippen LogP contribution in [0.15, 0.2) is 24.3 Å². The van der Waals surface area contributed by atoms with Gasteiger partial charge in [-0.15, -0.1) is 0 Å². The normalized spacial score (nSPS) is 16.9. The van der Waals surface area contributed by atoms with Crippen LogP contribution in [0.1, 0.15) is 52.1 Å². The molecule has 2 aromatic heterocycles. The highest BCUT2D eigenvalue weighted by atomic mass is 35.5. The predicted octanol–water partition coefficient (Wildman–Crippen LogP) is 5.95. The van der Waals surface area contributed by atoms with E-state index in [1.165, 1.54) is 7.11 Å². The first kappa shape index (κ1) is 25.6. The van der Waals surface area contributed by atoms with Gasteiger partial charge >= 0.3 is 5.97 Å². The number of carbonyl (C=O) groups excluding carboxylic acids is 1. The molecule has 8 nitrogen and oxygen atoms in total. The fraction of sp³-hybridized carbons (Fsp3) is 0.520. The van der Waals surface area contributed by atoms with Crippen LogP contribution in [0.2, 0.25) is 23.3 Å². The maximum Gasteiger partial charge on any atom is 0.313 e. The smallest absolute Gasteiger partial charge is 0.313 e. The first-order valence-corrected chi connectivity index (χ1v) is 15.2. The van der Waals surface area contributed by atoms with Gasteiger partial charge < -0.3 is 13.9 Å². The average molecular weight is 517 g/mol. The molecule has 1 saturated heterocycles. The van der Waals surface area contributed by atoms with Gasteiger partial charge in [-0.25, -0.2) is 14.6 Å². The number of ether oxygens (including phenoxy) is 2.